The van der Waals surface area contributed by atoms with Crippen LogP contribution in [0.15, 0.2) is 0 Å². The number of ether oxygens (including phenoxy) is 2. The van der Waals surface area contributed by atoms with Crippen LogP contribution < -0.4 is 0 Å². The molecule has 1 fully saturated rings. The van der Waals surface area contributed by atoms with Crippen molar-refractivity contribution in [3.05, 3.63) is 0 Å². The highest BCUT2D eigenvalue weighted by Gasteiger charge is 2.37. The quantitative estimate of drug-likeness (QED) is 0.0456. The number of rotatable bonds is 39. The Bertz CT molecular complexity index is 953. The molecule has 0 radical (unpaired) electrons. The molecule has 0 spiro atoms. The van der Waals surface area contributed by atoms with E-state index in [0.717, 1.165) is 96.3 Å². The van der Waals surface area contributed by atoms with Crippen molar-refractivity contribution in [3.63, 3.8) is 0 Å². The van der Waals surface area contributed by atoms with Crippen molar-refractivity contribution in [2.24, 2.45) is 11.8 Å². The third-order valence-electron chi connectivity index (χ3n) is 11.8. The van der Waals surface area contributed by atoms with E-state index in [0.29, 0.717) is 39.0 Å². The summed E-state index contributed by atoms with van der Waals surface area (Å²) in [5, 5.41) is 0. The Labute approximate surface area is 340 Å². The summed E-state index contributed by atoms with van der Waals surface area (Å²) in [7, 11) is 0. The monoisotopic (exact) mass is 776 g/mol. The zero-order valence-electron chi connectivity index (χ0n) is 36.8. The van der Waals surface area contributed by atoms with Crippen molar-refractivity contribution in [2.45, 2.75) is 252 Å². The molecule has 7 nitrogen and oxygen atoms in total. The molecule has 0 bridgehead atoms. The summed E-state index contributed by atoms with van der Waals surface area (Å²) < 4.78 is 11.4. The number of ketones is 1. The highest BCUT2D eigenvalue weighted by molar-refractivity contribution is 5.86. The summed E-state index contributed by atoms with van der Waals surface area (Å²) in [6.45, 7) is 10.4. The van der Waals surface area contributed by atoms with Crippen LogP contribution in [0.2, 0.25) is 0 Å². The van der Waals surface area contributed by atoms with Crippen molar-refractivity contribution in [3.8, 4) is 0 Å². The number of hydrogen-bond acceptors (Lipinski definition) is 6. The van der Waals surface area contributed by atoms with Crippen molar-refractivity contribution in [1.29, 1.82) is 0 Å². The van der Waals surface area contributed by atoms with Gasteiger partial charge in [-0.2, -0.15) is 0 Å². The van der Waals surface area contributed by atoms with Crippen LogP contribution in [-0.2, 0) is 28.7 Å². The molecular weight excluding hydrogens is 687 g/mol. The van der Waals surface area contributed by atoms with Crippen molar-refractivity contribution >= 4 is 23.6 Å². The Morgan fingerprint density at radius 1 is 0.491 bits per heavy atom. The second-order valence-electron chi connectivity index (χ2n) is 16.9. The van der Waals surface area contributed by atoms with Crippen LogP contribution in [0.1, 0.15) is 246 Å². The first-order chi connectivity index (χ1) is 26.9. The number of likely N-dealkylation sites (tertiary alicyclic amines) is 1. The number of carbonyl (C=O) groups excluding carboxylic acids is 4. The lowest BCUT2D eigenvalue weighted by atomic mass is 9.92. The lowest BCUT2D eigenvalue weighted by molar-refractivity contribution is -0.155. The largest absolute Gasteiger partial charge is 0.465 e. The number of carbonyl (C=O) groups is 4. The fraction of sp³-hybridized carbons (Fsp3) is 0.917. The van der Waals surface area contributed by atoms with Crippen LogP contribution in [0, 0.1) is 11.8 Å². The minimum atomic E-state index is -0.442. The van der Waals surface area contributed by atoms with Crippen LogP contribution in [0.3, 0.4) is 0 Å². The molecule has 1 aliphatic rings. The third-order valence-corrected chi connectivity index (χ3v) is 11.8. The van der Waals surface area contributed by atoms with E-state index in [2.05, 4.69) is 27.7 Å². The van der Waals surface area contributed by atoms with Crippen LogP contribution in [-0.4, -0.2) is 54.3 Å². The normalized spacial score (nSPS) is 15.3. The Kier molecular flexibility index (Phi) is 33.8. The molecule has 1 heterocycles. The van der Waals surface area contributed by atoms with E-state index in [9.17, 15) is 19.2 Å². The number of amides is 1. The Morgan fingerprint density at radius 2 is 0.891 bits per heavy atom. The van der Waals surface area contributed by atoms with Gasteiger partial charge in [-0.15, -0.1) is 0 Å². The molecule has 0 saturated carbocycles. The average molecular weight is 776 g/mol. The van der Waals surface area contributed by atoms with Crippen LogP contribution in [0.25, 0.3) is 0 Å². The molecule has 3 atom stereocenters. The molecule has 0 aromatic heterocycles. The second-order valence-corrected chi connectivity index (χ2v) is 16.9. The average Bonchev–Trinajstić information content (AvgIpc) is 3.68. The first-order valence-corrected chi connectivity index (χ1v) is 24.0. The van der Waals surface area contributed by atoms with Crippen LogP contribution >= 0.6 is 0 Å². The molecule has 1 amide bonds. The number of hydrogen-bond donors (Lipinski definition) is 0. The zero-order chi connectivity index (χ0) is 40.2. The lowest BCUT2D eigenvalue weighted by Gasteiger charge is -2.28. The van der Waals surface area contributed by atoms with Gasteiger partial charge in [0.1, 0.15) is 11.8 Å². The van der Waals surface area contributed by atoms with Gasteiger partial charge in [-0.3, -0.25) is 14.4 Å². The molecule has 322 valence electrons. The van der Waals surface area contributed by atoms with Crippen LogP contribution in [0.5, 0.6) is 0 Å². The fourth-order valence-electron chi connectivity index (χ4n) is 8.15. The van der Waals surface area contributed by atoms with E-state index in [4.69, 9.17) is 9.47 Å². The zero-order valence-corrected chi connectivity index (χ0v) is 36.8. The maximum Gasteiger partial charge on any atom is 0.328 e. The van der Waals surface area contributed by atoms with E-state index < -0.39 is 6.04 Å². The van der Waals surface area contributed by atoms with Crippen molar-refractivity contribution in [1.82, 2.24) is 4.90 Å². The van der Waals surface area contributed by atoms with Gasteiger partial charge in [-0.05, 0) is 77.0 Å². The maximum absolute atomic E-state index is 13.7. The molecule has 55 heavy (non-hydrogen) atoms. The highest BCUT2D eigenvalue weighted by atomic mass is 16.5. The minimum absolute atomic E-state index is 0.0125. The number of Topliss-reactive ketones (excluding diaryl/α,β-unsaturated/α-hetero) is 1. The molecule has 1 aliphatic heterocycles. The first kappa shape index (κ1) is 51.1. The molecule has 0 aromatic carbocycles. The molecule has 1 saturated heterocycles. The Hall–Kier alpha value is -1.92. The van der Waals surface area contributed by atoms with Gasteiger partial charge in [0.2, 0.25) is 5.91 Å². The van der Waals surface area contributed by atoms with E-state index in [1.807, 2.05) is 4.90 Å². The van der Waals surface area contributed by atoms with E-state index in [1.165, 1.54) is 103 Å². The summed E-state index contributed by atoms with van der Waals surface area (Å²) in [6.07, 6.45) is 35.6. The summed E-state index contributed by atoms with van der Waals surface area (Å²) in [5.41, 5.74) is 0. The summed E-state index contributed by atoms with van der Waals surface area (Å²) >= 11 is 0. The van der Waals surface area contributed by atoms with Gasteiger partial charge in [0.25, 0.3) is 0 Å². The standard InChI is InChI=1S/C48H89NO6/c1-5-9-13-17-19-25-33-42(32-23-15-11-7-3)46(51)49-39-31-38-45(49)48(53)55-41-30-22-28-37-44(50)36-27-21-29-40-54-47(52)43(34-24-16-12-8-4)35-26-20-18-14-10-6-2/h42-43,45H,5-41H2,1-4H3/t42?,43?,45-/m0/s1. The van der Waals surface area contributed by atoms with E-state index in [-0.39, 0.29) is 35.5 Å². The van der Waals surface area contributed by atoms with E-state index >= 15 is 0 Å². The van der Waals surface area contributed by atoms with E-state index in [1.54, 1.807) is 0 Å². The minimum Gasteiger partial charge on any atom is -0.465 e. The van der Waals surface area contributed by atoms with Crippen molar-refractivity contribution in [2.75, 3.05) is 19.8 Å². The second kappa shape index (κ2) is 36.4. The predicted octanol–water partition coefficient (Wildman–Crippen LogP) is 13.4. The topological polar surface area (TPSA) is 90.0 Å². The lowest BCUT2D eigenvalue weighted by Crippen LogP contribution is -2.44. The molecule has 0 aliphatic carbocycles. The summed E-state index contributed by atoms with van der Waals surface area (Å²) in [4.78, 5) is 54.0. The predicted molar refractivity (Wildman–Crippen MR) is 229 cm³/mol. The fourth-order valence-corrected chi connectivity index (χ4v) is 8.15. The van der Waals surface area contributed by atoms with Crippen LogP contribution in [0.4, 0.5) is 0 Å². The highest BCUT2D eigenvalue weighted by Crippen LogP contribution is 2.27. The molecule has 0 N–H and O–H groups in total. The SMILES string of the molecule is CCCCCCCCC(CCCCCC)C(=O)OCCCCCC(=O)CCCCCOC(=O)[C@@H]1CCCN1C(=O)C(CCCCCC)CCCCCCCC. The molecule has 0 aromatic rings. The first-order valence-electron chi connectivity index (χ1n) is 24.0. The molecule has 7 heteroatoms. The van der Waals surface area contributed by atoms with Gasteiger partial charge < -0.3 is 14.4 Å². The molecule has 1 rings (SSSR count). The Morgan fingerprint density at radius 3 is 1.38 bits per heavy atom. The smallest absolute Gasteiger partial charge is 0.328 e. The van der Waals surface area contributed by atoms with Gasteiger partial charge in [0, 0.05) is 25.3 Å². The molecular formula is C48H89NO6. The summed E-state index contributed by atoms with van der Waals surface area (Å²) in [5.74, 6) is 0.249. The summed E-state index contributed by atoms with van der Waals surface area (Å²) in [6, 6.07) is -0.442. The van der Waals surface area contributed by atoms with Gasteiger partial charge in [0.15, 0.2) is 0 Å². The molecule has 2 unspecified atom stereocenters. The van der Waals surface area contributed by atoms with Gasteiger partial charge in [0.05, 0.1) is 19.1 Å². The maximum atomic E-state index is 13.7. The Balaban J connectivity index is 2.27. The number of nitrogens with zero attached hydrogens (tertiary/aromatic N) is 1. The van der Waals surface area contributed by atoms with Gasteiger partial charge in [-0.1, -0.05) is 156 Å². The number of unbranched alkanes of at least 4 members (excludes halogenated alkanes) is 20. The van der Waals surface area contributed by atoms with Gasteiger partial charge in [-0.25, -0.2) is 4.79 Å². The van der Waals surface area contributed by atoms with Gasteiger partial charge >= 0.3 is 11.9 Å². The number of esters is 2. The van der Waals surface area contributed by atoms with Crippen molar-refractivity contribution < 1.29 is 28.7 Å². The third kappa shape index (κ3) is 26.6.